The Morgan fingerprint density at radius 2 is 1.88 bits per heavy atom. The van der Waals surface area contributed by atoms with Crippen molar-refractivity contribution in [2.45, 2.75) is 31.7 Å². The van der Waals surface area contributed by atoms with Crippen LogP contribution in [-0.4, -0.2) is 13.1 Å². The van der Waals surface area contributed by atoms with E-state index in [1.165, 1.54) is 35.7 Å². The minimum absolute atomic E-state index is 0.687. The monoisotopic (exact) mass is 293 g/mol. The summed E-state index contributed by atoms with van der Waals surface area (Å²) in [6, 6.07) is 9.47. The summed E-state index contributed by atoms with van der Waals surface area (Å²) < 4.78 is 1.17. The Morgan fingerprint density at radius 3 is 2.47 bits per heavy atom. The van der Waals surface area contributed by atoms with Crippen molar-refractivity contribution >= 4 is 15.9 Å². The van der Waals surface area contributed by atoms with E-state index in [1.54, 1.807) is 0 Å². The number of rotatable bonds is 4. The average Bonchev–Trinajstić information content (AvgIpc) is 2.82. The molecule has 2 fully saturated rings. The zero-order chi connectivity index (χ0) is 11.8. The molecule has 0 saturated heterocycles. The van der Waals surface area contributed by atoms with Gasteiger partial charge in [0.25, 0.3) is 0 Å². The third kappa shape index (κ3) is 2.30. The highest BCUT2D eigenvalue weighted by Crippen LogP contribution is 2.59. The molecule has 92 valence electrons. The van der Waals surface area contributed by atoms with E-state index in [-0.39, 0.29) is 0 Å². The lowest BCUT2D eigenvalue weighted by Crippen LogP contribution is -2.31. The van der Waals surface area contributed by atoms with E-state index in [1.807, 2.05) is 0 Å². The highest BCUT2D eigenvalue weighted by atomic mass is 79.9. The van der Waals surface area contributed by atoms with Crippen LogP contribution >= 0.6 is 15.9 Å². The maximum Gasteiger partial charge on any atom is 0.0175 e. The molecule has 1 N–H and O–H groups in total. The fourth-order valence-corrected chi connectivity index (χ4v) is 4.04. The molecule has 0 radical (unpaired) electrons. The van der Waals surface area contributed by atoms with Gasteiger partial charge in [-0.1, -0.05) is 34.5 Å². The number of halogens is 1. The number of nitrogens with one attached hydrogen (secondary N) is 1. The van der Waals surface area contributed by atoms with E-state index in [4.69, 9.17) is 0 Å². The van der Waals surface area contributed by atoms with Gasteiger partial charge >= 0.3 is 0 Å². The molecule has 0 spiro atoms. The Hall–Kier alpha value is -0.340. The van der Waals surface area contributed by atoms with Crippen molar-refractivity contribution in [3.8, 4) is 0 Å². The van der Waals surface area contributed by atoms with Crippen LogP contribution in [0.5, 0.6) is 0 Å². The number of likely N-dealkylation sites (N-methyl/N-ethyl adjacent to an activating group) is 1. The van der Waals surface area contributed by atoms with E-state index in [0.717, 1.165) is 17.8 Å². The lowest BCUT2D eigenvalue weighted by atomic mass is 9.97. The normalized spacial score (nSPS) is 32.2. The molecule has 3 rings (SSSR count). The van der Waals surface area contributed by atoms with Crippen LogP contribution in [0.2, 0.25) is 0 Å². The fourth-order valence-electron chi connectivity index (χ4n) is 3.78. The van der Waals surface area contributed by atoms with Gasteiger partial charge in [-0.3, -0.25) is 0 Å². The third-order valence-corrected chi connectivity index (χ3v) is 5.21. The molecule has 1 aromatic rings. The van der Waals surface area contributed by atoms with Crippen LogP contribution in [0, 0.1) is 17.8 Å². The lowest BCUT2D eigenvalue weighted by Gasteiger charge is -2.18. The van der Waals surface area contributed by atoms with Gasteiger partial charge in [0.1, 0.15) is 0 Å². The number of benzene rings is 1. The molecule has 2 aliphatic rings. The summed E-state index contributed by atoms with van der Waals surface area (Å²) in [7, 11) is 2.12. The second-order valence-electron chi connectivity index (χ2n) is 5.56. The Balaban J connectivity index is 1.64. The average molecular weight is 294 g/mol. The Kier molecular flexibility index (Phi) is 3.27. The van der Waals surface area contributed by atoms with Crippen molar-refractivity contribution in [2.24, 2.45) is 17.8 Å². The molecule has 3 atom stereocenters. The molecule has 2 aliphatic carbocycles. The molecule has 1 aromatic carbocycles. The molecule has 2 heteroatoms. The van der Waals surface area contributed by atoms with Gasteiger partial charge in [0.15, 0.2) is 0 Å². The molecule has 17 heavy (non-hydrogen) atoms. The molecule has 0 heterocycles. The largest absolute Gasteiger partial charge is 0.316 e. The molecule has 0 aliphatic heterocycles. The van der Waals surface area contributed by atoms with Gasteiger partial charge in [-0.2, -0.15) is 0 Å². The number of hydrogen-bond donors (Lipinski definition) is 1. The topological polar surface area (TPSA) is 12.0 Å². The highest BCUT2D eigenvalue weighted by Gasteiger charge is 2.55. The minimum atomic E-state index is 0.687. The fraction of sp³-hybridized carbons (Fsp3) is 0.600. The van der Waals surface area contributed by atoms with Crippen molar-refractivity contribution in [3.05, 3.63) is 34.3 Å². The van der Waals surface area contributed by atoms with Crippen LogP contribution < -0.4 is 5.32 Å². The molecule has 2 saturated carbocycles. The van der Waals surface area contributed by atoms with Crippen LogP contribution in [0.15, 0.2) is 28.7 Å². The maximum absolute atomic E-state index is 3.54. The SMILES string of the molecule is CNC(Cc1ccc(Br)cc1)C1C2CCCC21. The zero-order valence-electron chi connectivity index (χ0n) is 10.3. The van der Waals surface area contributed by atoms with Crippen LogP contribution in [0.1, 0.15) is 24.8 Å². The molecular formula is C15H20BrN. The molecular weight excluding hydrogens is 274 g/mol. The Bertz CT molecular complexity index is 376. The van der Waals surface area contributed by atoms with Crippen molar-refractivity contribution < 1.29 is 0 Å². The smallest absolute Gasteiger partial charge is 0.0175 e. The summed E-state index contributed by atoms with van der Waals surface area (Å²) in [5.41, 5.74) is 1.46. The van der Waals surface area contributed by atoms with E-state index in [0.29, 0.717) is 6.04 Å². The highest BCUT2D eigenvalue weighted by molar-refractivity contribution is 9.10. The number of fused-ring (bicyclic) bond motifs is 1. The van der Waals surface area contributed by atoms with E-state index < -0.39 is 0 Å². The summed E-state index contributed by atoms with van der Waals surface area (Å²) in [5, 5.41) is 3.54. The van der Waals surface area contributed by atoms with Gasteiger partial charge in [-0.25, -0.2) is 0 Å². The predicted molar refractivity (Wildman–Crippen MR) is 75.0 cm³/mol. The van der Waals surface area contributed by atoms with Gasteiger partial charge in [-0.15, -0.1) is 0 Å². The lowest BCUT2D eigenvalue weighted by molar-refractivity contribution is 0.428. The number of hydrogen-bond acceptors (Lipinski definition) is 1. The van der Waals surface area contributed by atoms with E-state index >= 15 is 0 Å². The van der Waals surface area contributed by atoms with Crippen LogP contribution in [0.25, 0.3) is 0 Å². The van der Waals surface area contributed by atoms with Gasteiger partial charge in [0.2, 0.25) is 0 Å². The summed E-state index contributed by atoms with van der Waals surface area (Å²) in [5.74, 6) is 3.04. The van der Waals surface area contributed by atoms with Gasteiger partial charge in [0.05, 0.1) is 0 Å². The van der Waals surface area contributed by atoms with E-state index in [2.05, 4.69) is 52.6 Å². The third-order valence-electron chi connectivity index (χ3n) is 4.68. The standard InChI is InChI=1S/C15H20BrN/c1-17-14(15-12-3-2-4-13(12)15)9-10-5-7-11(16)8-6-10/h5-8,12-15,17H,2-4,9H2,1H3. The molecule has 3 unspecified atom stereocenters. The maximum atomic E-state index is 3.54. The van der Waals surface area contributed by atoms with Crippen LogP contribution in [0.3, 0.4) is 0 Å². The Labute approximate surface area is 112 Å². The first kappa shape index (κ1) is 11.7. The zero-order valence-corrected chi connectivity index (χ0v) is 11.9. The molecule has 0 aromatic heterocycles. The quantitative estimate of drug-likeness (QED) is 0.894. The van der Waals surface area contributed by atoms with E-state index in [9.17, 15) is 0 Å². The summed E-state index contributed by atoms with van der Waals surface area (Å²) in [6.45, 7) is 0. The summed E-state index contributed by atoms with van der Waals surface area (Å²) in [4.78, 5) is 0. The first-order valence-corrected chi connectivity index (χ1v) is 7.50. The van der Waals surface area contributed by atoms with Crippen molar-refractivity contribution in [3.63, 3.8) is 0 Å². The van der Waals surface area contributed by atoms with Crippen molar-refractivity contribution in [1.29, 1.82) is 0 Å². The molecule has 0 bridgehead atoms. The van der Waals surface area contributed by atoms with Crippen LogP contribution in [-0.2, 0) is 6.42 Å². The Morgan fingerprint density at radius 1 is 1.24 bits per heavy atom. The minimum Gasteiger partial charge on any atom is -0.316 e. The summed E-state index contributed by atoms with van der Waals surface area (Å²) in [6.07, 6.45) is 5.61. The van der Waals surface area contributed by atoms with Gasteiger partial charge in [0, 0.05) is 10.5 Å². The second-order valence-corrected chi connectivity index (χ2v) is 6.48. The predicted octanol–water partition coefficient (Wildman–Crippen LogP) is 3.63. The molecule has 0 amide bonds. The molecule has 1 nitrogen and oxygen atoms in total. The van der Waals surface area contributed by atoms with Gasteiger partial charge in [-0.05, 0) is 61.8 Å². The van der Waals surface area contributed by atoms with Crippen LogP contribution in [0.4, 0.5) is 0 Å². The summed E-state index contributed by atoms with van der Waals surface area (Å²) >= 11 is 3.49. The first-order chi connectivity index (χ1) is 8.29. The van der Waals surface area contributed by atoms with Crippen molar-refractivity contribution in [2.75, 3.05) is 7.05 Å². The first-order valence-electron chi connectivity index (χ1n) is 6.71. The van der Waals surface area contributed by atoms with Crippen molar-refractivity contribution in [1.82, 2.24) is 5.32 Å². The van der Waals surface area contributed by atoms with Gasteiger partial charge < -0.3 is 5.32 Å². The second kappa shape index (κ2) is 4.74.